The number of benzene rings is 11. The summed E-state index contributed by atoms with van der Waals surface area (Å²) in [5.41, 5.74) is 19.9. The molecule has 0 radical (unpaired) electrons. The monoisotopic (exact) mass is 839 g/mol. The molecule has 0 N–H and O–H groups in total. The number of hydrogen-bond donors (Lipinski definition) is 0. The fourth-order valence-electron chi connectivity index (χ4n) is 10.5. The molecule has 0 aromatic heterocycles. The summed E-state index contributed by atoms with van der Waals surface area (Å²) in [5.74, 6) is 0. The van der Waals surface area contributed by atoms with Gasteiger partial charge in [-0.25, -0.2) is 0 Å². The quantitative estimate of drug-likeness (QED) is 0.140. The molecular formula is C65H45N. The maximum Gasteiger partial charge on any atom is 0.0714 e. The minimum Gasteiger partial charge on any atom is -0.310 e. The van der Waals surface area contributed by atoms with Crippen LogP contribution in [0.25, 0.3) is 66.4 Å². The summed E-state index contributed by atoms with van der Waals surface area (Å²) in [6.07, 6.45) is 0. The van der Waals surface area contributed by atoms with E-state index in [9.17, 15) is 0 Å². The summed E-state index contributed by atoms with van der Waals surface area (Å²) >= 11 is 0. The summed E-state index contributed by atoms with van der Waals surface area (Å²) < 4.78 is 0. The molecular weight excluding hydrogens is 795 g/mol. The summed E-state index contributed by atoms with van der Waals surface area (Å²) in [6, 6.07) is 100. The van der Waals surface area contributed by atoms with Gasteiger partial charge in [-0.1, -0.05) is 237 Å². The molecule has 1 heteroatoms. The Bertz CT molecular complexity index is 3460. The first-order valence-electron chi connectivity index (χ1n) is 22.8. The van der Waals surface area contributed by atoms with Crippen molar-refractivity contribution in [3.8, 4) is 55.6 Å². The van der Waals surface area contributed by atoms with Crippen LogP contribution in [0, 0.1) is 0 Å². The Balaban J connectivity index is 1.03. The lowest BCUT2D eigenvalue weighted by Crippen LogP contribution is -2.28. The molecule has 1 aliphatic carbocycles. The van der Waals surface area contributed by atoms with E-state index in [0.717, 1.165) is 22.6 Å². The zero-order chi connectivity index (χ0) is 43.9. The van der Waals surface area contributed by atoms with E-state index in [1.807, 2.05) is 0 Å². The molecule has 1 aliphatic rings. The second kappa shape index (κ2) is 16.6. The van der Waals surface area contributed by atoms with Crippen molar-refractivity contribution >= 4 is 27.8 Å². The highest BCUT2D eigenvalue weighted by Gasteiger charge is 2.47. The van der Waals surface area contributed by atoms with E-state index in [1.165, 1.54) is 83.1 Å². The van der Waals surface area contributed by atoms with Gasteiger partial charge in [0.1, 0.15) is 0 Å². The highest BCUT2D eigenvalue weighted by atomic mass is 15.1. The summed E-state index contributed by atoms with van der Waals surface area (Å²) in [7, 11) is 0. The number of rotatable bonds is 9. The molecule has 0 atom stereocenters. The molecule has 0 aliphatic heterocycles. The Kier molecular flexibility index (Phi) is 9.81. The Labute approximate surface area is 387 Å². The minimum absolute atomic E-state index is 0.516. The van der Waals surface area contributed by atoms with Gasteiger partial charge in [0.2, 0.25) is 0 Å². The van der Waals surface area contributed by atoms with Crippen LogP contribution in [0.5, 0.6) is 0 Å². The van der Waals surface area contributed by atoms with Crippen molar-refractivity contribution in [3.63, 3.8) is 0 Å². The Morgan fingerprint density at radius 1 is 0.273 bits per heavy atom. The molecule has 0 heterocycles. The molecule has 0 saturated heterocycles. The maximum atomic E-state index is 2.47. The molecule has 11 aromatic rings. The predicted molar refractivity (Wildman–Crippen MR) is 278 cm³/mol. The standard InChI is InChI=1S/C65H45N/c1-4-18-46(19-5-1)47-36-38-48(39-37-47)52-23-15-29-57(45-52)66(56-42-40-49(41-43-56)51-22-14-24-53(44-51)59-32-16-21-50-20-10-11-30-58(50)59)63-35-17-34-62-64(63)60-31-12-13-33-61(60)65(62,54-25-6-2-7-26-54)55-27-8-3-9-28-55/h1-45H. The Morgan fingerprint density at radius 3 is 1.47 bits per heavy atom. The summed E-state index contributed by atoms with van der Waals surface area (Å²) in [6.45, 7) is 0. The molecule has 0 unspecified atom stereocenters. The van der Waals surface area contributed by atoms with Crippen molar-refractivity contribution in [1.29, 1.82) is 0 Å². The van der Waals surface area contributed by atoms with Crippen molar-refractivity contribution < 1.29 is 0 Å². The van der Waals surface area contributed by atoms with E-state index >= 15 is 0 Å². The number of anilines is 3. The lowest BCUT2D eigenvalue weighted by molar-refractivity contribution is 0.768. The highest BCUT2D eigenvalue weighted by Crippen LogP contribution is 2.59. The number of fused-ring (bicyclic) bond motifs is 4. The van der Waals surface area contributed by atoms with Crippen molar-refractivity contribution in [2.24, 2.45) is 0 Å². The third kappa shape index (κ3) is 6.64. The van der Waals surface area contributed by atoms with E-state index in [2.05, 4.69) is 278 Å². The normalized spacial score (nSPS) is 12.4. The predicted octanol–water partition coefficient (Wildman–Crippen LogP) is 17.3. The van der Waals surface area contributed by atoms with Crippen LogP contribution in [-0.4, -0.2) is 0 Å². The fourth-order valence-corrected chi connectivity index (χ4v) is 10.5. The third-order valence-corrected chi connectivity index (χ3v) is 13.6. The highest BCUT2D eigenvalue weighted by molar-refractivity contribution is 5.99. The first kappa shape index (κ1) is 39.1. The molecule has 310 valence electrons. The summed E-state index contributed by atoms with van der Waals surface area (Å²) in [5, 5.41) is 2.51. The van der Waals surface area contributed by atoms with Crippen LogP contribution in [0.1, 0.15) is 22.3 Å². The number of hydrogen-bond acceptors (Lipinski definition) is 1. The zero-order valence-corrected chi connectivity index (χ0v) is 36.4. The van der Waals surface area contributed by atoms with Gasteiger partial charge in [-0.2, -0.15) is 0 Å². The molecule has 12 rings (SSSR count). The fraction of sp³-hybridized carbons (Fsp3) is 0.0154. The average molecular weight is 840 g/mol. The smallest absolute Gasteiger partial charge is 0.0714 e. The lowest BCUT2D eigenvalue weighted by atomic mass is 9.68. The second-order valence-electron chi connectivity index (χ2n) is 17.2. The van der Waals surface area contributed by atoms with Gasteiger partial charge in [0.05, 0.1) is 11.1 Å². The minimum atomic E-state index is -0.516. The first-order valence-corrected chi connectivity index (χ1v) is 22.8. The van der Waals surface area contributed by atoms with Crippen LogP contribution in [-0.2, 0) is 5.41 Å². The molecule has 0 fully saturated rings. The van der Waals surface area contributed by atoms with E-state index in [4.69, 9.17) is 0 Å². The van der Waals surface area contributed by atoms with Crippen LogP contribution in [0.4, 0.5) is 17.1 Å². The van der Waals surface area contributed by atoms with Gasteiger partial charge < -0.3 is 4.90 Å². The molecule has 11 aromatic carbocycles. The zero-order valence-electron chi connectivity index (χ0n) is 36.4. The first-order chi connectivity index (χ1) is 32.7. The molecule has 1 nitrogen and oxygen atoms in total. The van der Waals surface area contributed by atoms with Crippen LogP contribution >= 0.6 is 0 Å². The van der Waals surface area contributed by atoms with Gasteiger partial charge >= 0.3 is 0 Å². The average Bonchev–Trinajstić information content (AvgIpc) is 3.71. The summed E-state index contributed by atoms with van der Waals surface area (Å²) in [4.78, 5) is 2.47. The molecule has 66 heavy (non-hydrogen) atoms. The largest absolute Gasteiger partial charge is 0.310 e. The molecule has 0 saturated carbocycles. The van der Waals surface area contributed by atoms with Crippen LogP contribution in [0.3, 0.4) is 0 Å². The number of nitrogens with zero attached hydrogens (tertiary/aromatic N) is 1. The van der Waals surface area contributed by atoms with Gasteiger partial charge in [-0.3, -0.25) is 0 Å². The topological polar surface area (TPSA) is 3.24 Å². The lowest BCUT2D eigenvalue weighted by Gasteiger charge is -2.34. The van der Waals surface area contributed by atoms with E-state index in [1.54, 1.807) is 0 Å². The van der Waals surface area contributed by atoms with Gasteiger partial charge in [0.25, 0.3) is 0 Å². The van der Waals surface area contributed by atoms with Crippen LogP contribution in [0.2, 0.25) is 0 Å². The molecule has 0 amide bonds. The Hall–Kier alpha value is -8.52. The van der Waals surface area contributed by atoms with Crippen LogP contribution < -0.4 is 4.90 Å². The van der Waals surface area contributed by atoms with Crippen LogP contribution in [0.15, 0.2) is 273 Å². The third-order valence-electron chi connectivity index (χ3n) is 13.6. The second-order valence-corrected chi connectivity index (χ2v) is 17.2. The SMILES string of the molecule is c1ccc(-c2ccc(-c3cccc(N(c4ccc(-c5cccc(-c6cccc7ccccc67)c5)cc4)c4cccc5c4-c4ccccc4C5(c4ccccc4)c4ccccc4)c3)cc2)cc1. The van der Waals surface area contributed by atoms with Gasteiger partial charge in [0.15, 0.2) is 0 Å². The van der Waals surface area contributed by atoms with Gasteiger partial charge in [-0.15, -0.1) is 0 Å². The van der Waals surface area contributed by atoms with Crippen molar-refractivity contribution in [2.45, 2.75) is 5.41 Å². The van der Waals surface area contributed by atoms with Gasteiger partial charge in [0, 0.05) is 16.9 Å². The maximum absolute atomic E-state index is 2.47. The van der Waals surface area contributed by atoms with E-state index in [0.29, 0.717) is 0 Å². The van der Waals surface area contributed by atoms with Gasteiger partial charge in [-0.05, 0) is 119 Å². The van der Waals surface area contributed by atoms with E-state index in [-0.39, 0.29) is 0 Å². The molecule has 0 spiro atoms. The Morgan fingerprint density at radius 2 is 0.742 bits per heavy atom. The molecule has 0 bridgehead atoms. The van der Waals surface area contributed by atoms with Crippen molar-refractivity contribution in [1.82, 2.24) is 0 Å². The van der Waals surface area contributed by atoms with Crippen molar-refractivity contribution in [2.75, 3.05) is 4.90 Å². The van der Waals surface area contributed by atoms with E-state index < -0.39 is 5.41 Å². The van der Waals surface area contributed by atoms with Crippen molar-refractivity contribution in [3.05, 3.63) is 295 Å².